The van der Waals surface area contributed by atoms with E-state index in [-0.39, 0.29) is 17.9 Å². The monoisotopic (exact) mass is 343 g/mol. The van der Waals surface area contributed by atoms with E-state index in [0.717, 1.165) is 25.1 Å². The van der Waals surface area contributed by atoms with Crippen molar-refractivity contribution in [1.29, 1.82) is 0 Å². The number of amides is 2. The molecule has 2 heterocycles. The van der Waals surface area contributed by atoms with Crippen LogP contribution in [0.2, 0.25) is 0 Å². The van der Waals surface area contributed by atoms with Gasteiger partial charge in [0.25, 0.3) is 0 Å². The number of thioether (sulfide) groups is 1. The molecule has 0 unspecified atom stereocenters. The second-order valence-electron chi connectivity index (χ2n) is 6.02. The van der Waals surface area contributed by atoms with Gasteiger partial charge >= 0.3 is 5.97 Å². The predicted molar refractivity (Wildman–Crippen MR) is 88.3 cm³/mol. The summed E-state index contributed by atoms with van der Waals surface area (Å²) in [4.78, 5) is 37.7. The van der Waals surface area contributed by atoms with E-state index in [1.807, 2.05) is 6.26 Å². The summed E-state index contributed by atoms with van der Waals surface area (Å²) in [5.74, 6) is -0.660. The van der Waals surface area contributed by atoms with Gasteiger partial charge in [0.05, 0.1) is 6.04 Å². The van der Waals surface area contributed by atoms with Crippen LogP contribution in [0.5, 0.6) is 0 Å². The first-order chi connectivity index (χ1) is 11.0. The van der Waals surface area contributed by atoms with Gasteiger partial charge in [0, 0.05) is 6.54 Å². The second kappa shape index (κ2) is 8.54. The Morgan fingerprint density at radius 2 is 2.13 bits per heavy atom. The van der Waals surface area contributed by atoms with Gasteiger partial charge in [-0.05, 0) is 50.7 Å². The third kappa shape index (κ3) is 4.60. The summed E-state index contributed by atoms with van der Waals surface area (Å²) < 4.78 is 0. The molecule has 0 spiro atoms. The number of carboxylic acid groups (broad SMARTS) is 1. The topological polar surface area (TPSA) is 98.7 Å². The number of aliphatic carboxylic acids is 1. The van der Waals surface area contributed by atoms with Gasteiger partial charge in [0.15, 0.2) is 0 Å². The largest absolute Gasteiger partial charge is 0.480 e. The summed E-state index contributed by atoms with van der Waals surface area (Å²) in [5, 5.41) is 15.2. The van der Waals surface area contributed by atoms with E-state index in [9.17, 15) is 19.5 Å². The highest BCUT2D eigenvalue weighted by atomic mass is 32.2. The van der Waals surface area contributed by atoms with Crippen LogP contribution in [-0.4, -0.2) is 71.0 Å². The number of rotatable bonds is 7. The van der Waals surface area contributed by atoms with Crippen molar-refractivity contribution in [3.63, 3.8) is 0 Å². The number of hydrogen-bond acceptors (Lipinski definition) is 5. The molecule has 2 rings (SSSR count). The smallest absolute Gasteiger partial charge is 0.326 e. The number of hydrogen-bond donors (Lipinski definition) is 3. The summed E-state index contributed by atoms with van der Waals surface area (Å²) in [7, 11) is 0. The van der Waals surface area contributed by atoms with Crippen LogP contribution in [-0.2, 0) is 14.4 Å². The van der Waals surface area contributed by atoms with Crippen molar-refractivity contribution in [1.82, 2.24) is 15.5 Å². The molecule has 0 aromatic heterocycles. The van der Waals surface area contributed by atoms with Gasteiger partial charge in [-0.1, -0.05) is 0 Å². The Bertz CT molecular complexity index is 454. The molecule has 2 aliphatic heterocycles. The Labute approximate surface area is 140 Å². The Morgan fingerprint density at radius 1 is 1.35 bits per heavy atom. The standard InChI is InChI=1S/C15H25N3O4S/c1-23-9-6-11(17-13(19)10-4-2-7-16-10)14(20)18-8-3-5-12(18)15(21)22/h10-12,16H,2-9H2,1H3,(H,17,19)(H,21,22)/t10-,11-,12-/m0/s1. The molecular weight excluding hydrogens is 318 g/mol. The highest BCUT2D eigenvalue weighted by Crippen LogP contribution is 2.20. The summed E-state index contributed by atoms with van der Waals surface area (Å²) in [5.41, 5.74) is 0. The Balaban J connectivity index is 2.02. The SMILES string of the molecule is CSCC[C@H](NC(=O)[C@@H]1CCCN1)C(=O)N1CCC[C@H]1C(=O)O. The van der Waals surface area contributed by atoms with Crippen molar-refractivity contribution in [2.24, 2.45) is 0 Å². The van der Waals surface area contributed by atoms with Gasteiger partial charge in [0.1, 0.15) is 12.1 Å². The number of carbonyl (C=O) groups is 3. The van der Waals surface area contributed by atoms with Crippen LogP contribution in [0.3, 0.4) is 0 Å². The van der Waals surface area contributed by atoms with E-state index < -0.39 is 18.1 Å². The molecule has 3 N–H and O–H groups in total. The van der Waals surface area contributed by atoms with E-state index in [1.165, 1.54) is 4.90 Å². The number of nitrogens with one attached hydrogen (secondary N) is 2. The highest BCUT2D eigenvalue weighted by molar-refractivity contribution is 7.98. The minimum atomic E-state index is -0.969. The van der Waals surface area contributed by atoms with Crippen molar-refractivity contribution in [3.05, 3.63) is 0 Å². The summed E-state index contributed by atoms with van der Waals surface area (Å²) in [6.45, 7) is 1.26. The first-order valence-electron chi connectivity index (χ1n) is 8.10. The second-order valence-corrected chi connectivity index (χ2v) is 7.01. The minimum Gasteiger partial charge on any atom is -0.480 e. The van der Waals surface area contributed by atoms with Gasteiger partial charge in [0.2, 0.25) is 11.8 Å². The van der Waals surface area contributed by atoms with Gasteiger partial charge in [-0.25, -0.2) is 4.79 Å². The minimum absolute atomic E-state index is 0.159. The van der Waals surface area contributed by atoms with Crippen LogP contribution in [0.15, 0.2) is 0 Å². The van der Waals surface area contributed by atoms with E-state index in [2.05, 4.69) is 10.6 Å². The first kappa shape index (κ1) is 18.1. The number of carboxylic acids is 1. The first-order valence-corrected chi connectivity index (χ1v) is 9.50. The maximum absolute atomic E-state index is 12.7. The van der Waals surface area contributed by atoms with Crippen LogP contribution in [0.4, 0.5) is 0 Å². The molecule has 8 heteroatoms. The molecule has 2 saturated heterocycles. The molecule has 0 radical (unpaired) electrons. The van der Waals surface area contributed by atoms with Crippen LogP contribution in [0, 0.1) is 0 Å². The molecule has 0 saturated carbocycles. The molecule has 0 aromatic carbocycles. The summed E-state index contributed by atoms with van der Waals surface area (Å²) in [6.07, 6.45) is 5.36. The van der Waals surface area contributed by atoms with Crippen LogP contribution in [0.25, 0.3) is 0 Å². The predicted octanol–water partition coefficient (Wildman–Crippen LogP) is 0.0519. The molecule has 0 aliphatic carbocycles. The highest BCUT2D eigenvalue weighted by Gasteiger charge is 2.38. The van der Waals surface area contributed by atoms with E-state index >= 15 is 0 Å². The Morgan fingerprint density at radius 3 is 2.74 bits per heavy atom. The third-order valence-electron chi connectivity index (χ3n) is 4.42. The molecule has 2 aliphatic rings. The maximum atomic E-state index is 12.7. The zero-order valence-electron chi connectivity index (χ0n) is 13.4. The lowest BCUT2D eigenvalue weighted by molar-refractivity contribution is -0.149. The number of carbonyl (C=O) groups excluding carboxylic acids is 2. The van der Waals surface area contributed by atoms with Crippen molar-refractivity contribution in [2.75, 3.05) is 25.1 Å². The number of likely N-dealkylation sites (tertiary alicyclic amines) is 1. The number of nitrogens with zero attached hydrogens (tertiary/aromatic N) is 1. The molecule has 23 heavy (non-hydrogen) atoms. The van der Waals surface area contributed by atoms with Crippen molar-refractivity contribution in [2.45, 2.75) is 50.2 Å². The summed E-state index contributed by atoms with van der Waals surface area (Å²) in [6, 6.07) is -1.65. The van der Waals surface area contributed by atoms with E-state index in [0.29, 0.717) is 25.8 Å². The Kier molecular flexibility index (Phi) is 6.71. The van der Waals surface area contributed by atoms with Crippen molar-refractivity contribution >= 4 is 29.5 Å². The quantitative estimate of drug-likeness (QED) is 0.604. The molecule has 2 fully saturated rings. The van der Waals surface area contributed by atoms with E-state index in [4.69, 9.17) is 0 Å². The van der Waals surface area contributed by atoms with Crippen molar-refractivity contribution in [3.8, 4) is 0 Å². The molecule has 0 bridgehead atoms. The normalized spacial score (nSPS) is 25.3. The molecule has 2 amide bonds. The average molecular weight is 343 g/mol. The molecule has 130 valence electrons. The van der Waals surface area contributed by atoms with Gasteiger partial charge in [-0.15, -0.1) is 0 Å². The maximum Gasteiger partial charge on any atom is 0.326 e. The zero-order valence-corrected chi connectivity index (χ0v) is 14.2. The van der Waals surface area contributed by atoms with Gasteiger partial charge < -0.3 is 20.6 Å². The van der Waals surface area contributed by atoms with Crippen LogP contribution < -0.4 is 10.6 Å². The van der Waals surface area contributed by atoms with Crippen molar-refractivity contribution < 1.29 is 19.5 Å². The van der Waals surface area contributed by atoms with Gasteiger partial charge in [-0.3, -0.25) is 9.59 Å². The Hall–Kier alpha value is -1.28. The fraction of sp³-hybridized carbons (Fsp3) is 0.800. The average Bonchev–Trinajstić information content (AvgIpc) is 3.21. The van der Waals surface area contributed by atoms with Gasteiger partial charge in [-0.2, -0.15) is 11.8 Å². The molecule has 0 aromatic rings. The zero-order chi connectivity index (χ0) is 16.8. The van der Waals surface area contributed by atoms with E-state index in [1.54, 1.807) is 11.8 Å². The molecule has 3 atom stereocenters. The molecule has 7 nitrogen and oxygen atoms in total. The lowest BCUT2D eigenvalue weighted by Gasteiger charge is -2.28. The van der Waals surface area contributed by atoms with Crippen LogP contribution >= 0.6 is 11.8 Å². The molecular formula is C15H25N3O4S. The lowest BCUT2D eigenvalue weighted by atomic mass is 10.1. The third-order valence-corrected chi connectivity index (χ3v) is 5.07. The van der Waals surface area contributed by atoms with Crippen LogP contribution in [0.1, 0.15) is 32.1 Å². The fourth-order valence-corrected chi connectivity index (χ4v) is 3.63. The summed E-state index contributed by atoms with van der Waals surface area (Å²) >= 11 is 1.60. The fourth-order valence-electron chi connectivity index (χ4n) is 3.16. The lowest BCUT2D eigenvalue weighted by Crippen LogP contribution is -2.54.